The summed E-state index contributed by atoms with van der Waals surface area (Å²) in [6.45, 7) is 0. The van der Waals surface area contributed by atoms with Crippen molar-refractivity contribution >= 4 is 5.78 Å². The number of carbonyl (C=O) groups excluding carboxylic acids is 1. The molecule has 0 bridgehead atoms. The summed E-state index contributed by atoms with van der Waals surface area (Å²) < 4.78 is 0. The van der Waals surface area contributed by atoms with E-state index in [1.165, 1.54) is 5.56 Å². The van der Waals surface area contributed by atoms with Gasteiger partial charge in [0.2, 0.25) is 0 Å². The number of unbranched alkanes of at least 4 members (excludes halogenated alkanes) is 1. The molecule has 0 saturated heterocycles. The Bertz CT molecular complexity index is 450. The molecule has 1 saturated carbocycles. The van der Waals surface area contributed by atoms with Crippen LogP contribution in [-0.2, 0) is 11.2 Å². The van der Waals surface area contributed by atoms with E-state index in [4.69, 9.17) is 0 Å². The largest absolute Gasteiger partial charge is 0.389 e. The van der Waals surface area contributed by atoms with Crippen molar-refractivity contribution in [2.24, 2.45) is 5.92 Å². The zero-order chi connectivity index (χ0) is 14.9. The highest BCUT2D eigenvalue weighted by Crippen LogP contribution is 2.22. The molecule has 1 aliphatic carbocycles. The standard InChI is InChI=1S/C19H26O2/c20-18(14-13-17-10-6-12-19(21)15-17)11-5-4-9-16-7-2-1-3-8-16/h1-3,7-8,13-14,17-18,20H,4-6,9-12,15H2. The van der Waals surface area contributed by atoms with Gasteiger partial charge in [-0.2, -0.15) is 0 Å². The molecule has 0 radical (unpaired) electrons. The lowest BCUT2D eigenvalue weighted by molar-refractivity contribution is -0.121. The van der Waals surface area contributed by atoms with Crippen molar-refractivity contribution in [3.63, 3.8) is 0 Å². The lowest BCUT2D eigenvalue weighted by Crippen LogP contribution is -2.13. The molecule has 1 N–H and O–H groups in total. The molecular weight excluding hydrogens is 260 g/mol. The maximum absolute atomic E-state index is 11.4. The Morgan fingerprint density at radius 1 is 1.24 bits per heavy atom. The lowest BCUT2D eigenvalue weighted by Gasteiger charge is -2.17. The van der Waals surface area contributed by atoms with Gasteiger partial charge in [-0.15, -0.1) is 0 Å². The second-order valence-corrected chi connectivity index (χ2v) is 6.08. The van der Waals surface area contributed by atoms with Gasteiger partial charge in [-0.05, 0) is 43.6 Å². The molecule has 1 aliphatic rings. The normalized spacial score (nSPS) is 20.8. The van der Waals surface area contributed by atoms with Crippen molar-refractivity contribution in [2.75, 3.05) is 0 Å². The van der Waals surface area contributed by atoms with E-state index in [-0.39, 0.29) is 6.10 Å². The number of hydrogen-bond acceptors (Lipinski definition) is 2. The zero-order valence-corrected chi connectivity index (χ0v) is 12.7. The number of aryl methyl sites for hydroxylation is 1. The third kappa shape index (κ3) is 6.26. The SMILES string of the molecule is O=C1CCCC(C=CC(O)CCCCc2ccccc2)C1. The number of aliphatic hydroxyl groups is 1. The van der Waals surface area contributed by atoms with Gasteiger partial charge < -0.3 is 5.11 Å². The van der Waals surface area contributed by atoms with Crippen molar-refractivity contribution in [3.8, 4) is 0 Å². The van der Waals surface area contributed by atoms with Crippen molar-refractivity contribution in [2.45, 2.75) is 57.5 Å². The summed E-state index contributed by atoms with van der Waals surface area (Å²) in [5, 5.41) is 9.97. The van der Waals surface area contributed by atoms with E-state index < -0.39 is 0 Å². The van der Waals surface area contributed by atoms with E-state index in [1.807, 2.05) is 12.1 Å². The number of ketones is 1. The fourth-order valence-electron chi connectivity index (χ4n) is 2.93. The summed E-state index contributed by atoms with van der Waals surface area (Å²) in [4.78, 5) is 11.4. The highest BCUT2D eigenvalue weighted by Gasteiger charge is 2.16. The summed E-state index contributed by atoms with van der Waals surface area (Å²) in [5.74, 6) is 0.721. The quantitative estimate of drug-likeness (QED) is 0.606. The molecule has 1 aromatic rings. The molecule has 2 rings (SSSR count). The van der Waals surface area contributed by atoms with Gasteiger partial charge in [0.25, 0.3) is 0 Å². The van der Waals surface area contributed by atoms with Crippen LogP contribution in [0.4, 0.5) is 0 Å². The molecule has 0 spiro atoms. The van der Waals surface area contributed by atoms with Crippen molar-refractivity contribution in [1.29, 1.82) is 0 Å². The Morgan fingerprint density at radius 2 is 2.05 bits per heavy atom. The van der Waals surface area contributed by atoms with Gasteiger partial charge in [0.15, 0.2) is 0 Å². The average molecular weight is 286 g/mol. The van der Waals surface area contributed by atoms with Crippen LogP contribution in [0.2, 0.25) is 0 Å². The van der Waals surface area contributed by atoms with E-state index in [9.17, 15) is 9.90 Å². The van der Waals surface area contributed by atoms with Gasteiger partial charge in [-0.3, -0.25) is 4.79 Å². The Labute approximate surface area is 127 Å². The van der Waals surface area contributed by atoms with Crippen LogP contribution in [0.5, 0.6) is 0 Å². The third-order valence-corrected chi connectivity index (χ3v) is 4.18. The first-order valence-corrected chi connectivity index (χ1v) is 8.16. The van der Waals surface area contributed by atoms with Crippen LogP contribution in [0.15, 0.2) is 42.5 Å². The summed E-state index contributed by atoms with van der Waals surface area (Å²) in [7, 11) is 0. The van der Waals surface area contributed by atoms with Gasteiger partial charge in [-0.25, -0.2) is 0 Å². The van der Waals surface area contributed by atoms with Crippen molar-refractivity contribution in [1.82, 2.24) is 0 Å². The van der Waals surface area contributed by atoms with E-state index in [2.05, 4.69) is 30.3 Å². The molecule has 0 aromatic heterocycles. The summed E-state index contributed by atoms with van der Waals surface area (Å²) in [6, 6.07) is 10.5. The first-order valence-electron chi connectivity index (χ1n) is 8.16. The number of allylic oxidation sites excluding steroid dienone is 1. The highest BCUT2D eigenvalue weighted by atomic mass is 16.3. The molecule has 21 heavy (non-hydrogen) atoms. The smallest absolute Gasteiger partial charge is 0.133 e. The first-order chi connectivity index (χ1) is 10.2. The molecular formula is C19H26O2. The van der Waals surface area contributed by atoms with Crippen LogP contribution >= 0.6 is 0 Å². The van der Waals surface area contributed by atoms with Crippen LogP contribution in [0, 0.1) is 5.92 Å². The van der Waals surface area contributed by atoms with E-state index >= 15 is 0 Å². The fourth-order valence-corrected chi connectivity index (χ4v) is 2.93. The molecule has 2 nitrogen and oxygen atoms in total. The molecule has 114 valence electrons. The van der Waals surface area contributed by atoms with Gasteiger partial charge in [0, 0.05) is 12.8 Å². The lowest BCUT2D eigenvalue weighted by atomic mass is 9.88. The molecule has 2 unspecified atom stereocenters. The van der Waals surface area contributed by atoms with Crippen LogP contribution < -0.4 is 0 Å². The van der Waals surface area contributed by atoms with Gasteiger partial charge in [0.1, 0.15) is 5.78 Å². The number of hydrogen-bond donors (Lipinski definition) is 1. The van der Waals surface area contributed by atoms with E-state index in [0.717, 1.165) is 44.9 Å². The molecule has 1 aromatic carbocycles. The summed E-state index contributed by atoms with van der Waals surface area (Å²) >= 11 is 0. The fraction of sp³-hybridized carbons (Fsp3) is 0.526. The third-order valence-electron chi connectivity index (χ3n) is 4.18. The van der Waals surface area contributed by atoms with Crippen LogP contribution in [-0.4, -0.2) is 17.0 Å². The van der Waals surface area contributed by atoms with E-state index in [0.29, 0.717) is 18.1 Å². The molecule has 0 heterocycles. The van der Waals surface area contributed by atoms with Crippen LogP contribution in [0.3, 0.4) is 0 Å². The highest BCUT2D eigenvalue weighted by molar-refractivity contribution is 5.79. The van der Waals surface area contributed by atoms with Crippen molar-refractivity contribution < 1.29 is 9.90 Å². The molecule has 0 aliphatic heterocycles. The average Bonchev–Trinajstić information content (AvgIpc) is 2.51. The Kier molecular flexibility index (Phi) is 6.68. The van der Waals surface area contributed by atoms with Gasteiger partial charge >= 0.3 is 0 Å². The molecule has 1 fully saturated rings. The maximum atomic E-state index is 11.4. The Morgan fingerprint density at radius 3 is 2.81 bits per heavy atom. The molecule has 2 atom stereocenters. The summed E-state index contributed by atoms with van der Waals surface area (Å²) in [6.07, 6.45) is 11.1. The predicted octanol–water partition coefficient (Wildman–Crippen LogP) is 4.08. The topological polar surface area (TPSA) is 37.3 Å². The second kappa shape index (κ2) is 8.78. The predicted molar refractivity (Wildman–Crippen MR) is 86.1 cm³/mol. The second-order valence-electron chi connectivity index (χ2n) is 6.08. The van der Waals surface area contributed by atoms with Crippen molar-refractivity contribution in [3.05, 3.63) is 48.0 Å². The minimum Gasteiger partial charge on any atom is -0.389 e. The summed E-state index contributed by atoms with van der Waals surface area (Å²) in [5.41, 5.74) is 1.36. The number of aliphatic hydroxyl groups excluding tert-OH is 1. The van der Waals surface area contributed by atoms with Crippen LogP contribution in [0.25, 0.3) is 0 Å². The number of benzene rings is 1. The van der Waals surface area contributed by atoms with Gasteiger partial charge in [0.05, 0.1) is 6.10 Å². The zero-order valence-electron chi connectivity index (χ0n) is 12.7. The van der Waals surface area contributed by atoms with E-state index in [1.54, 1.807) is 0 Å². The van der Waals surface area contributed by atoms with Crippen LogP contribution in [0.1, 0.15) is 50.5 Å². The van der Waals surface area contributed by atoms with Gasteiger partial charge in [-0.1, -0.05) is 48.9 Å². The monoisotopic (exact) mass is 286 g/mol. The first kappa shape index (κ1) is 16.0. The minimum absolute atomic E-state index is 0.352. The molecule has 2 heteroatoms. The maximum Gasteiger partial charge on any atom is 0.133 e. The molecule has 0 amide bonds. The Balaban J connectivity index is 1.61. The number of rotatable bonds is 7. The minimum atomic E-state index is -0.363. The number of Topliss-reactive ketones (excluding diaryl/α,β-unsaturated/α-hetero) is 1. The number of carbonyl (C=O) groups is 1. The Hall–Kier alpha value is -1.41.